The summed E-state index contributed by atoms with van der Waals surface area (Å²) >= 11 is 0. The highest BCUT2D eigenvalue weighted by Crippen LogP contribution is 2.24. The number of hydrogen-bond acceptors (Lipinski definition) is 4. The van der Waals surface area contributed by atoms with Crippen molar-refractivity contribution >= 4 is 21.7 Å². The predicted molar refractivity (Wildman–Crippen MR) is 86.0 cm³/mol. The van der Waals surface area contributed by atoms with Gasteiger partial charge in [-0.15, -0.1) is 0 Å². The lowest BCUT2D eigenvalue weighted by Gasteiger charge is -2.25. The van der Waals surface area contributed by atoms with E-state index in [9.17, 15) is 23.1 Å². The maximum atomic E-state index is 12.4. The van der Waals surface area contributed by atoms with Crippen LogP contribution in [-0.2, 0) is 19.4 Å². The number of sulfone groups is 1. The standard InChI is InChI=1S/C16H21NO5S/c1-11-3-5-12(6-4-11)14(16(19)20)9-15(18)17(2)13-7-8-23(21,22)10-13/h3-6,13-14H,7-10H2,1-2H3,(H,19,20). The molecule has 0 spiro atoms. The maximum absolute atomic E-state index is 12.4. The topological polar surface area (TPSA) is 91.8 Å². The summed E-state index contributed by atoms with van der Waals surface area (Å²) in [5, 5.41) is 9.41. The number of hydrogen-bond donors (Lipinski definition) is 1. The van der Waals surface area contributed by atoms with Crippen LogP contribution in [0.4, 0.5) is 0 Å². The minimum Gasteiger partial charge on any atom is -0.481 e. The molecule has 1 fully saturated rings. The predicted octanol–water partition coefficient (Wildman–Crippen LogP) is 1.20. The molecule has 1 saturated heterocycles. The summed E-state index contributed by atoms with van der Waals surface area (Å²) < 4.78 is 23.0. The van der Waals surface area contributed by atoms with Crippen LogP contribution >= 0.6 is 0 Å². The fourth-order valence-electron chi connectivity index (χ4n) is 2.75. The van der Waals surface area contributed by atoms with Crippen LogP contribution in [0.1, 0.15) is 29.9 Å². The molecule has 0 aromatic heterocycles. The van der Waals surface area contributed by atoms with Gasteiger partial charge >= 0.3 is 5.97 Å². The summed E-state index contributed by atoms with van der Waals surface area (Å²) in [5.41, 5.74) is 1.58. The molecule has 0 radical (unpaired) electrons. The molecule has 23 heavy (non-hydrogen) atoms. The molecule has 126 valence electrons. The minimum absolute atomic E-state index is 0.0441. The molecule has 1 aromatic rings. The molecule has 0 bridgehead atoms. The Hall–Kier alpha value is -1.89. The number of carboxylic acid groups (broad SMARTS) is 1. The van der Waals surface area contributed by atoms with Crippen molar-refractivity contribution in [3.05, 3.63) is 35.4 Å². The lowest BCUT2D eigenvalue weighted by molar-refractivity contribution is -0.143. The van der Waals surface area contributed by atoms with Crippen LogP contribution in [0.25, 0.3) is 0 Å². The van der Waals surface area contributed by atoms with Crippen molar-refractivity contribution in [2.75, 3.05) is 18.6 Å². The molecule has 0 aliphatic carbocycles. The highest BCUT2D eigenvalue weighted by atomic mass is 32.2. The number of carbonyl (C=O) groups excluding carboxylic acids is 1. The maximum Gasteiger partial charge on any atom is 0.311 e. The van der Waals surface area contributed by atoms with Gasteiger partial charge in [0.05, 0.1) is 17.4 Å². The van der Waals surface area contributed by atoms with Crippen molar-refractivity contribution in [2.45, 2.75) is 31.7 Å². The summed E-state index contributed by atoms with van der Waals surface area (Å²) in [6, 6.07) is 6.68. The Morgan fingerprint density at radius 2 is 1.91 bits per heavy atom. The van der Waals surface area contributed by atoms with Gasteiger partial charge in [0.1, 0.15) is 0 Å². The number of carboxylic acids is 1. The normalized spacial score (nSPS) is 20.9. The van der Waals surface area contributed by atoms with Gasteiger partial charge in [0, 0.05) is 19.5 Å². The van der Waals surface area contributed by atoms with E-state index in [2.05, 4.69) is 0 Å². The molecule has 1 N–H and O–H groups in total. The fourth-order valence-corrected chi connectivity index (χ4v) is 4.52. The minimum atomic E-state index is -3.09. The molecule has 1 aliphatic rings. The number of carbonyl (C=O) groups is 2. The van der Waals surface area contributed by atoms with Crippen LogP contribution < -0.4 is 0 Å². The van der Waals surface area contributed by atoms with E-state index in [1.54, 1.807) is 19.2 Å². The van der Waals surface area contributed by atoms with E-state index in [1.807, 2.05) is 19.1 Å². The van der Waals surface area contributed by atoms with Crippen LogP contribution in [0, 0.1) is 6.92 Å². The van der Waals surface area contributed by atoms with Gasteiger partial charge in [-0.05, 0) is 18.9 Å². The third kappa shape index (κ3) is 4.31. The van der Waals surface area contributed by atoms with Crippen molar-refractivity contribution in [3.63, 3.8) is 0 Å². The van der Waals surface area contributed by atoms with Crippen molar-refractivity contribution in [3.8, 4) is 0 Å². The number of nitrogens with zero attached hydrogens (tertiary/aromatic N) is 1. The number of benzene rings is 1. The first kappa shape index (κ1) is 17.5. The van der Waals surface area contributed by atoms with Gasteiger partial charge in [0.15, 0.2) is 9.84 Å². The molecule has 1 amide bonds. The first-order chi connectivity index (χ1) is 10.7. The summed E-state index contributed by atoms with van der Waals surface area (Å²) in [6.07, 6.45) is 0.234. The van der Waals surface area contributed by atoms with Crippen LogP contribution in [0.5, 0.6) is 0 Å². The second-order valence-electron chi connectivity index (χ2n) is 6.07. The lowest BCUT2D eigenvalue weighted by atomic mass is 9.94. The van der Waals surface area contributed by atoms with E-state index in [-0.39, 0.29) is 29.9 Å². The van der Waals surface area contributed by atoms with Crippen molar-refractivity contribution in [1.82, 2.24) is 4.90 Å². The summed E-state index contributed by atoms with van der Waals surface area (Å²) in [7, 11) is -1.54. The van der Waals surface area contributed by atoms with Crippen LogP contribution in [-0.4, -0.2) is 54.9 Å². The first-order valence-corrected chi connectivity index (χ1v) is 9.27. The molecule has 7 heteroatoms. The van der Waals surface area contributed by atoms with Gasteiger partial charge in [0.25, 0.3) is 0 Å². The third-order valence-corrected chi connectivity index (χ3v) is 6.06. The Labute approximate surface area is 136 Å². The average molecular weight is 339 g/mol. The number of amides is 1. The Morgan fingerprint density at radius 1 is 1.30 bits per heavy atom. The summed E-state index contributed by atoms with van der Waals surface area (Å²) in [5.74, 6) is -2.30. The van der Waals surface area contributed by atoms with Crippen molar-refractivity contribution < 1.29 is 23.1 Å². The zero-order chi connectivity index (χ0) is 17.2. The zero-order valence-electron chi connectivity index (χ0n) is 13.2. The molecule has 6 nitrogen and oxygen atoms in total. The Bertz CT molecular complexity index is 696. The molecular weight excluding hydrogens is 318 g/mol. The highest BCUT2D eigenvalue weighted by molar-refractivity contribution is 7.91. The second-order valence-corrected chi connectivity index (χ2v) is 8.30. The van der Waals surface area contributed by atoms with E-state index in [0.29, 0.717) is 12.0 Å². The van der Waals surface area contributed by atoms with Crippen molar-refractivity contribution in [2.24, 2.45) is 0 Å². The molecule has 1 aromatic carbocycles. The number of aryl methyl sites for hydroxylation is 1. The van der Waals surface area contributed by atoms with Crippen molar-refractivity contribution in [1.29, 1.82) is 0 Å². The smallest absolute Gasteiger partial charge is 0.311 e. The van der Waals surface area contributed by atoms with Crippen LogP contribution in [0.2, 0.25) is 0 Å². The van der Waals surface area contributed by atoms with Crippen LogP contribution in [0.15, 0.2) is 24.3 Å². The SMILES string of the molecule is Cc1ccc(C(CC(=O)N(C)C2CCS(=O)(=O)C2)C(=O)O)cc1. The summed E-state index contributed by atoms with van der Waals surface area (Å²) in [4.78, 5) is 25.2. The number of rotatable bonds is 5. The molecule has 0 saturated carbocycles. The fraction of sp³-hybridized carbons (Fsp3) is 0.500. The Balaban J connectivity index is 2.09. The van der Waals surface area contributed by atoms with E-state index in [1.165, 1.54) is 4.90 Å². The molecular formula is C16H21NO5S. The van der Waals surface area contributed by atoms with Crippen LogP contribution in [0.3, 0.4) is 0 Å². The largest absolute Gasteiger partial charge is 0.481 e. The highest BCUT2D eigenvalue weighted by Gasteiger charge is 2.34. The Morgan fingerprint density at radius 3 is 2.39 bits per heavy atom. The molecule has 2 atom stereocenters. The van der Waals surface area contributed by atoms with E-state index in [0.717, 1.165) is 5.56 Å². The van der Waals surface area contributed by atoms with E-state index in [4.69, 9.17) is 0 Å². The average Bonchev–Trinajstić information content (AvgIpc) is 2.84. The molecule has 2 rings (SSSR count). The Kier molecular flexibility index (Phi) is 5.09. The van der Waals surface area contributed by atoms with Gasteiger partial charge in [-0.2, -0.15) is 0 Å². The van der Waals surface area contributed by atoms with Gasteiger partial charge in [0.2, 0.25) is 5.91 Å². The number of aliphatic carboxylic acids is 1. The second kappa shape index (κ2) is 6.70. The summed E-state index contributed by atoms with van der Waals surface area (Å²) in [6.45, 7) is 1.90. The zero-order valence-corrected chi connectivity index (χ0v) is 14.0. The van der Waals surface area contributed by atoms with Gasteiger partial charge < -0.3 is 10.0 Å². The first-order valence-electron chi connectivity index (χ1n) is 7.45. The third-order valence-electron chi connectivity index (χ3n) is 4.31. The monoisotopic (exact) mass is 339 g/mol. The van der Waals surface area contributed by atoms with Gasteiger partial charge in [-0.3, -0.25) is 9.59 Å². The molecule has 2 unspecified atom stereocenters. The van der Waals surface area contributed by atoms with E-state index >= 15 is 0 Å². The quantitative estimate of drug-likeness (QED) is 0.870. The lowest BCUT2D eigenvalue weighted by Crippen LogP contribution is -2.39. The van der Waals surface area contributed by atoms with Gasteiger partial charge in [-0.25, -0.2) is 8.42 Å². The molecule has 1 heterocycles. The molecule has 1 aliphatic heterocycles. The van der Waals surface area contributed by atoms with Gasteiger partial charge in [-0.1, -0.05) is 29.8 Å². The van der Waals surface area contributed by atoms with E-state index < -0.39 is 21.7 Å².